The summed E-state index contributed by atoms with van der Waals surface area (Å²) in [5, 5.41) is 22.6. The number of hydrogen-bond acceptors (Lipinski definition) is 5. The fourth-order valence-electron chi connectivity index (χ4n) is 2.75. The Kier molecular flexibility index (Phi) is 6.98. The van der Waals surface area contributed by atoms with E-state index in [4.69, 9.17) is 4.74 Å². The number of carbonyl (C=O) groups is 2. The molecule has 2 aromatic carbocycles. The largest absolute Gasteiger partial charge is 0.496 e. The Bertz CT molecular complexity index is 962. The first kappa shape index (κ1) is 22.7. The number of nitrogens with one attached hydrogen (secondary N) is 1. The van der Waals surface area contributed by atoms with Crippen LogP contribution in [0.25, 0.3) is 0 Å². The molecule has 1 amide bonds. The molecule has 0 saturated heterocycles. The highest BCUT2D eigenvalue weighted by Gasteiger charge is 2.30. The van der Waals surface area contributed by atoms with Crippen LogP contribution in [0.4, 0.5) is 18.9 Å². The van der Waals surface area contributed by atoms with Crippen molar-refractivity contribution < 1.29 is 37.5 Å². The van der Waals surface area contributed by atoms with Crippen molar-refractivity contribution in [3.8, 4) is 5.75 Å². The van der Waals surface area contributed by atoms with Gasteiger partial charge in [-0.3, -0.25) is 14.9 Å². The maximum atomic E-state index is 12.8. The van der Waals surface area contributed by atoms with Crippen LogP contribution in [0.5, 0.6) is 5.75 Å². The Morgan fingerprint density at radius 1 is 1.23 bits per heavy atom. The Balaban J connectivity index is 2.17. The molecule has 0 aliphatic heterocycles. The molecule has 0 fully saturated rings. The van der Waals surface area contributed by atoms with Crippen molar-refractivity contribution in [1.29, 1.82) is 0 Å². The minimum atomic E-state index is -4.57. The number of nitrogens with zero attached hydrogens (tertiary/aromatic N) is 1. The topological polar surface area (TPSA) is 119 Å². The number of alkyl halides is 3. The first-order chi connectivity index (χ1) is 14.0. The Morgan fingerprint density at radius 2 is 1.93 bits per heavy atom. The molecule has 0 spiro atoms. The third-order valence-electron chi connectivity index (χ3n) is 4.15. The number of ether oxygens (including phenoxy) is 1. The predicted molar refractivity (Wildman–Crippen MR) is 98.1 cm³/mol. The van der Waals surface area contributed by atoms with Crippen molar-refractivity contribution in [3.05, 3.63) is 69.3 Å². The molecular formula is C19H17F3N2O6. The lowest BCUT2D eigenvalue weighted by atomic mass is 10.0. The second kappa shape index (κ2) is 9.25. The zero-order valence-corrected chi connectivity index (χ0v) is 15.6. The van der Waals surface area contributed by atoms with Crippen molar-refractivity contribution in [2.24, 2.45) is 0 Å². The number of hydrogen-bond donors (Lipinski definition) is 2. The molecule has 8 nitrogen and oxygen atoms in total. The Morgan fingerprint density at radius 3 is 2.50 bits per heavy atom. The van der Waals surface area contributed by atoms with E-state index in [1.165, 1.54) is 25.3 Å². The lowest BCUT2D eigenvalue weighted by molar-refractivity contribution is -0.384. The van der Waals surface area contributed by atoms with Crippen LogP contribution < -0.4 is 10.1 Å². The summed E-state index contributed by atoms with van der Waals surface area (Å²) in [6.45, 7) is 0. The van der Waals surface area contributed by atoms with Crippen molar-refractivity contribution in [3.63, 3.8) is 0 Å². The Hall–Kier alpha value is -3.63. The van der Waals surface area contributed by atoms with Crippen molar-refractivity contribution >= 4 is 17.6 Å². The molecule has 2 aromatic rings. The molecule has 2 N–H and O–H groups in total. The normalized spacial score (nSPS) is 12.1. The average Bonchev–Trinajstić information content (AvgIpc) is 2.66. The minimum Gasteiger partial charge on any atom is -0.496 e. The predicted octanol–water partition coefficient (Wildman–Crippen LogP) is 2.98. The summed E-state index contributed by atoms with van der Waals surface area (Å²) in [5.74, 6) is -2.04. The number of benzene rings is 2. The first-order valence-electron chi connectivity index (χ1n) is 8.51. The van der Waals surface area contributed by atoms with Gasteiger partial charge in [-0.2, -0.15) is 13.2 Å². The standard InChI is InChI=1S/C19H17F3N2O6/c1-30-16-6-5-14(24(28)29)9-12(16)10-15(18(26)27)23-17(25)8-11-3-2-4-13(7-11)19(20,21)22/h2-7,9,15H,8,10H2,1H3,(H,23,25)(H,26,27)/t15-/m0/s1. The van der Waals surface area contributed by atoms with Crippen LogP contribution in [0.2, 0.25) is 0 Å². The molecule has 0 radical (unpaired) electrons. The second-order valence-electron chi connectivity index (χ2n) is 6.29. The minimum absolute atomic E-state index is 0.0550. The van der Waals surface area contributed by atoms with Gasteiger partial charge in [0, 0.05) is 24.1 Å². The molecule has 0 heterocycles. The van der Waals surface area contributed by atoms with E-state index in [9.17, 15) is 38.0 Å². The number of halogens is 3. The fourth-order valence-corrected chi connectivity index (χ4v) is 2.75. The van der Waals surface area contributed by atoms with E-state index in [2.05, 4.69) is 5.32 Å². The summed E-state index contributed by atoms with van der Waals surface area (Å²) in [6, 6.07) is 6.27. The monoisotopic (exact) mass is 426 g/mol. The number of nitro groups is 1. The Labute approximate surface area is 168 Å². The van der Waals surface area contributed by atoms with E-state index in [1.807, 2.05) is 0 Å². The molecule has 160 valence electrons. The molecular weight excluding hydrogens is 409 g/mol. The van der Waals surface area contributed by atoms with Crippen molar-refractivity contribution in [2.45, 2.75) is 25.1 Å². The summed E-state index contributed by atoms with van der Waals surface area (Å²) < 4.78 is 43.4. The highest BCUT2D eigenvalue weighted by atomic mass is 19.4. The van der Waals surface area contributed by atoms with Gasteiger partial charge in [-0.1, -0.05) is 18.2 Å². The lowest BCUT2D eigenvalue weighted by Crippen LogP contribution is -2.43. The van der Waals surface area contributed by atoms with Gasteiger partial charge in [-0.15, -0.1) is 0 Å². The van der Waals surface area contributed by atoms with Crippen LogP contribution in [0.1, 0.15) is 16.7 Å². The third kappa shape index (κ3) is 5.93. The van der Waals surface area contributed by atoms with E-state index in [1.54, 1.807) is 0 Å². The summed E-state index contributed by atoms with van der Waals surface area (Å²) in [7, 11) is 1.30. The zero-order chi connectivity index (χ0) is 22.5. The smallest absolute Gasteiger partial charge is 0.416 e. The highest BCUT2D eigenvalue weighted by Crippen LogP contribution is 2.29. The SMILES string of the molecule is COc1ccc([N+](=O)[O-])cc1C[C@H](NC(=O)Cc1cccc(C(F)(F)F)c1)C(=O)O. The molecule has 11 heteroatoms. The zero-order valence-electron chi connectivity index (χ0n) is 15.6. The maximum Gasteiger partial charge on any atom is 0.416 e. The second-order valence-corrected chi connectivity index (χ2v) is 6.29. The number of rotatable bonds is 8. The van der Waals surface area contributed by atoms with Crippen LogP contribution in [0.15, 0.2) is 42.5 Å². The summed E-state index contributed by atoms with van der Waals surface area (Å²) in [4.78, 5) is 34.1. The average molecular weight is 426 g/mol. The number of amides is 1. The van der Waals surface area contributed by atoms with Crippen LogP contribution in [-0.2, 0) is 28.6 Å². The van der Waals surface area contributed by atoms with Crippen LogP contribution in [0.3, 0.4) is 0 Å². The molecule has 0 aliphatic rings. The molecule has 0 unspecified atom stereocenters. The van der Waals surface area contributed by atoms with Crippen LogP contribution >= 0.6 is 0 Å². The number of carboxylic acids is 1. The number of aliphatic carboxylic acids is 1. The van der Waals surface area contributed by atoms with E-state index in [0.717, 1.165) is 24.3 Å². The van der Waals surface area contributed by atoms with Gasteiger partial charge >= 0.3 is 12.1 Å². The van der Waals surface area contributed by atoms with Crippen LogP contribution in [0, 0.1) is 10.1 Å². The molecule has 1 atom stereocenters. The van der Waals surface area contributed by atoms with E-state index in [-0.39, 0.29) is 29.0 Å². The third-order valence-corrected chi connectivity index (χ3v) is 4.15. The van der Waals surface area contributed by atoms with E-state index in [0.29, 0.717) is 0 Å². The summed E-state index contributed by atoms with van der Waals surface area (Å²) in [5.41, 5.74) is -0.980. The van der Waals surface area contributed by atoms with E-state index >= 15 is 0 Å². The van der Waals surface area contributed by atoms with Gasteiger partial charge in [-0.05, 0) is 17.7 Å². The molecule has 0 aromatic heterocycles. The van der Waals surface area contributed by atoms with Crippen molar-refractivity contribution in [2.75, 3.05) is 7.11 Å². The van der Waals surface area contributed by atoms with Gasteiger partial charge in [0.1, 0.15) is 11.8 Å². The first-order valence-corrected chi connectivity index (χ1v) is 8.51. The van der Waals surface area contributed by atoms with Gasteiger partial charge in [0.25, 0.3) is 5.69 Å². The van der Waals surface area contributed by atoms with Crippen molar-refractivity contribution in [1.82, 2.24) is 5.32 Å². The molecule has 0 aliphatic carbocycles. The van der Waals surface area contributed by atoms with Gasteiger partial charge in [0.15, 0.2) is 0 Å². The molecule has 2 rings (SSSR count). The number of nitro benzene ring substituents is 1. The number of methoxy groups -OCH3 is 1. The van der Waals surface area contributed by atoms with Gasteiger partial charge in [0.05, 0.1) is 24.0 Å². The summed E-state index contributed by atoms with van der Waals surface area (Å²) in [6.07, 6.45) is -5.37. The van der Waals surface area contributed by atoms with Gasteiger partial charge < -0.3 is 15.2 Å². The molecule has 0 saturated carbocycles. The highest BCUT2D eigenvalue weighted by molar-refractivity contribution is 5.85. The number of non-ortho nitro benzene ring substituents is 1. The lowest BCUT2D eigenvalue weighted by Gasteiger charge is -2.16. The number of carboxylic acid groups (broad SMARTS) is 1. The van der Waals surface area contributed by atoms with E-state index < -0.39 is 41.0 Å². The fraction of sp³-hybridized carbons (Fsp3) is 0.263. The molecule has 30 heavy (non-hydrogen) atoms. The van der Waals surface area contributed by atoms with Crippen LogP contribution in [-0.4, -0.2) is 35.1 Å². The number of carbonyl (C=O) groups excluding carboxylic acids is 1. The van der Waals surface area contributed by atoms with Gasteiger partial charge in [0.2, 0.25) is 5.91 Å². The van der Waals surface area contributed by atoms with Gasteiger partial charge in [-0.25, -0.2) is 4.79 Å². The summed E-state index contributed by atoms with van der Waals surface area (Å²) >= 11 is 0. The quantitative estimate of drug-likeness (QED) is 0.495. The molecule has 0 bridgehead atoms. The maximum absolute atomic E-state index is 12.8.